The molecule has 2 aromatic heterocycles. The Bertz CT molecular complexity index is 704. The van der Waals surface area contributed by atoms with Crippen molar-refractivity contribution in [2.24, 2.45) is 5.92 Å². The van der Waals surface area contributed by atoms with Crippen molar-refractivity contribution >= 4 is 17.5 Å². The van der Waals surface area contributed by atoms with Gasteiger partial charge >= 0.3 is 0 Å². The van der Waals surface area contributed by atoms with Crippen molar-refractivity contribution in [1.29, 1.82) is 0 Å². The van der Waals surface area contributed by atoms with Crippen LogP contribution in [-0.2, 0) is 24.4 Å². The molecule has 1 N–H and O–H groups in total. The molecule has 0 bridgehead atoms. The van der Waals surface area contributed by atoms with Gasteiger partial charge in [-0.1, -0.05) is 18.5 Å². The summed E-state index contributed by atoms with van der Waals surface area (Å²) >= 11 is 6.14. The summed E-state index contributed by atoms with van der Waals surface area (Å²) in [6.45, 7) is 11.5. The fourth-order valence-corrected chi connectivity index (χ4v) is 2.58. The number of carbonyl (C=O) groups excluding carboxylic acids is 1. The van der Waals surface area contributed by atoms with Crippen molar-refractivity contribution in [3.8, 4) is 0 Å². The molecule has 0 fully saturated rings. The molecule has 0 aliphatic rings. The molecule has 1 atom stereocenters. The third-order valence-corrected chi connectivity index (χ3v) is 4.56. The highest BCUT2D eigenvalue weighted by atomic mass is 35.5. The average molecular weight is 338 g/mol. The van der Waals surface area contributed by atoms with Crippen molar-refractivity contribution in [3.05, 3.63) is 33.9 Å². The maximum atomic E-state index is 12.3. The Kier molecular flexibility index (Phi) is 5.46. The molecule has 0 aliphatic carbocycles. The number of rotatable bonds is 6. The van der Waals surface area contributed by atoms with Crippen LogP contribution < -0.4 is 5.32 Å². The smallest absolute Gasteiger partial charge is 0.224 e. The highest BCUT2D eigenvalue weighted by Gasteiger charge is 2.17. The predicted molar refractivity (Wildman–Crippen MR) is 90.4 cm³/mol. The molecule has 6 nitrogen and oxygen atoms in total. The first-order valence-corrected chi connectivity index (χ1v) is 8.21. The number of carbonyl (C=O) groups is 1. The molecule has 1 amide bonds. The number of hydrogen-bond donors (Lipinski definition) is 1. The van der Waals surface area contributed by atoms with Gasteiger partial charge in [0.15, 0.2) is 0 Å². The topological polar surface area (TPSA) is 64.7 Å². The number of amides is 1. The molecule has 2 rings (SSSR count). The van der Waals surface area contributed by atoms with E-state index in [1.807, 2.05) is 45.5 Å². The first-order chi connectivity index (χ1) is 10.8. The summed E-state index contributed by atoms with van der Waals surface area (Å²) < 4.78 is 3.67. The molecule has 2 heterocycles. The SMILES string of the molecule is CCn1cc(CNC(=O)C(C)Cn2nc(C)c(Cl)c2C)c(C)n1. The number of aryl methyl sites for hydroxylation is 3. The minimum absolute atomic E-state index is 0.00248. The number of hydrogen-bond acceptors (Lipinski definition) is 3. The fraction of sp³-hybridized carbons (Fsp3) is 0.562. The summed E-state index contributed by atoms with van der Waals surface area (Å²) in [6, 6.07) is 0. The average Bonchev–Trinajstić information content (AvgIpc) is 3.00. The molecule has 1 unspecified atom stereocenters. The summed E-state index contributed by atoms with van der Waals surface area (Å²) in [6.07, 6.45) is 1.97. The second kappa shape index (κ2) is 7.17. The van der Waals surface area contributed by atoms with E-state index < -0.39 is 0 Å². The van der Waals surface area contributed by atoms with Crippen LogP contribution in [0.15, 0.2) is 6.20 Å². The van der Waals surface area contributed by atoms with Gasteiger partial charge < -0.3 is 5.32 Å². The zero-order valence-corrected chi connectivity index (χ0v) is 15.1. The van der Waals surface area contributed by atoms with Crippen molar-refractivity contribution < 1.29 is 4.79 Å². The molecule has 0 saturated heterocycles. The van der Waals surface area contributed by atoms with E-state index in [1.54, 1.807) is 4.68 Å². The lowest BCUT2D eigenvalue weighted by molar-refractivity contribution is -0.125. The van der Waals surface area contributed by atoms with Gasteiger partial charge in [-0.3, -0.25) is 14.2 Å². The van der Waals surface area contributed by atoms with E-state index in [2.05, 4.69) is 15.5 Å². The van der Waals surface area contributed by atoms with E-state index in [0.29, 0.717) is 18.1 Å². The van der Waals surface area contributed by atoms with Crippen molar-refractivity contribution in [1.82, 2.24) is 24.9 Å². The van der Waals surface area contributed by atoms with Crippen molar-refractivity contribution in [2.75, 3.05) is 0 Å². The standard InChI is InChI=1S/C16H24ClN5O/c1-6-21-9-14(11(3)19-21)7-18-16(23)10(2)8-22-13(5)15(17)12(4)20-22/h9-10H,6-8H2,1-5H3,(H,18,23). The molecular weight excluding hydrogens is 314 g/mol. The van der Waals surface area contributed by atoms with Crippen LogP contribution in [0.3, 0.4) is 0 Å². The number of aromatic nitrogens is 4. The molecule has 7 heteroatoms. The van der Waals surface area contributed by atoms with E-state index in [0.717, 1.165) is 29.2 Å². The third-order valence-electron chi connectivity index (χ3n) is 4.01. The van der Waals surface area contributed by atoms with Crippen LogP contribution in [0.1, 0.15) is 36.5 Å². The zero-order chi connectivity index (χ0) is 17.1. The molecule has 0 spiro atoms. The highest BCUT2D eigenvalue weighted by molar-refractivity contribution is 6.31. The normalized spacial score (nSPS) is 12.4. The van der Waals surface area contributed by atoms with Gasteiger partial charge in [0.25, 0.3) is 0 Å². The van der Waals surface area contributed by atoms with Crippen LogP contribution in [0, 0.1) is 26.7 Å². The fourth-order valence-electron chi connectivity index (χ4n) is 2.45. The Morgan fingerprint density at radius 3 is 2.52 bits per heavy atom. The Balaban J connectivity index is 1.94. The van der Waals surface area contributed by atoms with Gasteiger partial charge in [-0.2, -0.15) is 10.2 Å². The van der Waals surface area contributed by atoms with Crippen molar-refractivity contribution in [2.45, 2.75) is 54.3 Å². The highest BCUT2D eigenvalue weighted by Crippen LogP contribution is 2.19. The van der Waals surface area contributed by atoms with E-state index in [1.165, 1.54) is 0 Å². The van der Waals surface area contributed by atoms with E-state index in [-0.39, 0.29) is 11.8 Å². The molecule has 0 aromatic carbocycles. The Hall–Kier alpha value is -1.82. The van der Waals surface area contributed by atoms with E-state index >= 15 is 0 Å². The zero-order valence-electron chi connectivity index (χ0n) is 14.4. The van der Waals surface area contributed by atoms with Gasteiger partial charge in [0.1, 0.15) is 0 Å². The van der Waals surface area contributed by atoms with Gasteiger partial charge in [0.2, 0.25) is 5.91 Å². The first-order valence-electron chi connectivity index (χ1n) is 7.83. The molecule has 126 valence electrons. The Labute approximate surface area is 141 Å². The van der Waals surface area contributed by atoms with Crippen LogP contribution in [0.5, 0.6) is 0 Å². The largest absolute Gasteiger partial charge is 0.352 e. The van der Waals surface area contributed by atoms with Gasteiger partial charge in [-0.25, -0.2) is 0 Å². The lowest BCUT2D eigenvalue weighted by Gasteiger charge is -2.13. The number of nitrogens with one attached hydrogen (secondary N) is 1. The monoisotopic (exact) mass is 337 g/mol. The lowest BCUT2D eigenvalue weighted by Crippen LogP contribution is -2.31. The Morgan fingerprint density at radius 2 is 2.00 bits per heavy atom. The van der Waals surface area contributed by atoms with Crippen molar-refractivity contribution in [3.63, 3.8) is 0 Å². The van der Waals surface area contributed by atoms with Gasteiger partial charge in [0.05, 0.1) is 34.6 Å². The maximum absolute atomic E-state index is 12.3. The molecule has 0 saturated carbocycles. The summed E-state index contributed by atoms with van der Waals surface area (Å²) in [5.41, 5.74) is 3.68. The van der Waals surface area contributed by atoms with Crippen LogP contribution in [0.25, 0.3) is 0 Å². The predicted octanol–water partition coefficient (Wildman–Crippen LogP) is 2.63. The summed E-state index contributed by atoms with van der Waals surface area (Å²) in [5.74, 6) is -0.192. The third kappa shape index (κ3) is 3.93. The minimum atomic E-state index is -0.189. The van der Waals surface area contributed by atoms with Crippen LogP contribution in [-0.4, -0.2) is 25.5 Å². The lowest BCUT2D eigenvalue weighted by atomic mass is 10.1. The van der Waals surface area contributed by atoms with Crippen LogP contribution in [0.2, 0.25) is 5.02 Å². The van der Waals surface area contributed by atoms with Crippen LogP contribution >= 0.6 is 11.6 Å². The molecule has 0 radical (unpaired) electrons. The summed E-state index contributed by atoms with van der Waals surface area (Å²) in [4.78, 5) is 12.3. The summed E-state index contributed by atoms with van der Waals surface area (Å²) in [7, 11) is 0. The molecule has 23 heavy (non-hydrogen) atoms. The van der Waals surface area contributed by atoms with E-state index in [9.17, 15) is 4.79 Å². The van der Waals surface area contributed by atoms with Gasteiger partial charge in [0, 0.05) is 24.8 Å². The number of nitrogens with zero attached hydrogens (tertiary/aromatic N) is 4. The number of halogens is 1. The summed E-state index contributed by atoms with van der Waals surface area (Å²) in [5, 5.41) is 12.4. The second-order valence-electron chi connectivity index (χ2n) is 5.88. The molecule has 0 aliphatic heterocycles. The Morgan fingerprint density at radius 1 is 1.30 bits per heavy atom. The minimum Gasteiger partial charge on any atom is -0.352 e. The van der Waals surface area contributed by atoms with E-state index in [4.69, 9.17) is 11.6 Å². The molecule has 2 aromatic rings. The van der Waals surface area contributed by atoms with Crippen LogP contribution in [0.4, 0.5) is 0 Å². The first kappa shape index (κ1) is 17.5. The second-order valence-corrected chi connectivity index (χ2v) is 6.26. The van der Waals surface area contributed by atoms with Gasteiger partial charge in [-0.15, -0.1) is 0 Å². The molecular formula is C16H24ClN5O. The quantitative estimate of drug-likeness (QED) is 0.881. The maximum Gasteiger partial charge on any atom is 0.224 e. The van der Waals surface area contributed by atoms with Gasteiger partial charge in [-0.05, 0) is 27.7 Å².